The largest absolute Gasteiger partial charge is 0.423 e. The summed E-state index contributed by atoms with van der Waals surface area (Å²) in [6, 6.07) is 13.0. The number of ether oxygens (including phenoxy) is 1. The van der Waals surface area contributed by atoms with Crippen molar-refractivity contribution < 1.29 is 19.2 Å². The average Bonchev–Trinajstić information content (AvgIpc) is 3.05. The Morgan fingerprint density at radius 3 is 2.30 bits per heavy atom. The second-order valence-corrected chi connectivity index (χ2v) is 7.52. The number of carbonyl (C=O) groups is 2. The van der Waals surface area contributed by atoms with Gasteiger partial charge in [-0.15, -0.1) is 0 Å². The molecule has 1 aromatic heterocycles. The third kappa shape index (κ3) is 5.80. The number of nitrogens with zero attached hydrogens (tertiary/aromatic N) is 4. The van der Waals surface area contributed by atoms with Crippen LogP contribution in [0.15, 0.2) is 53.6 Å². The van der Waals surface area contributed by atoms with Crippen LogP contribution >= 0.6 is 11.6 Å². The minimum absolute atomic E-state index is 0.112. The Morgan fingerprint density at radius 1 is 1.12 bits per heavy atom. The number of rotatable bonds is 7. The first-order chi connectivity index (χ1) is 15.7. The van der Waals surface area contributed by atoms with Crippen molar-refractivity contribution in [1.82, 2.24) is 15.2 Å². The SMILES string of the molecule is CC(=NNC(=O)Cn1nc(C)c([N+](=O)[O-])c1C)c1ccc(OC(=O)c2ccc(Cl)cc2)cc1. The second kappa shape index (κ2) is 10.0. The Kier molecular flexibility index (Phi) is 7.19. The van der Waals surface area contributed by atoms with Crippen LogP contribution in [-0.4, -0.2) is 32.3 Å². The van der Waals surface area contributed by atoms with Gasteiger partial charge in [0.15, 0.2) is 0 Å². The lowest BCUT2D eigenvalue weighted by molar-refractivity contribution is -0.386. The lowest BCUT2D eigenvalue weighted by Crippen LogP contribution is -2.25. The molecule has 0 spiro atoms. The van der Waals surface area contributed by atoms with Gasteiger partial charge in [0.1, 0.15) is 23.7 Å². The molecule has 0 fully saturated rings. The predicted octanol–water partition coefficient (Wildman–Crippen LogP) is 3.82. The molecule has 10 nitrogen and oxygen atoms in total. The lowest BCUT2D eigenvalue weighted by Gasteiger charge is -2.07. The molecule has 0 bridgehead atoms. The van der Waals surface area contributed by atoms with E-state index < -0.39 is 16.8 Å². The molecule has 3 rings (SSSR count). The summed E-state index contributed by atoms with van der Waals surface area (Å²) in [5.41, 5.74) is 4.41. The molecule has 1 amide bonds. The highest BCUT2D eigenvalue weighted by molar-refractivity contribution is 6.30. The second-order valence-electron chi connectivity index (χ2n) is 7.09. The van der Waals surface area contributed by atoms with Crippen LogP contribution in [0.1, 0.15) is 34.2 Å². The monoisotopic (exact) mass is 469 g/mol. The summed E-state index contributed by atoms with van der Waals surface area (Å²) in [4.78, 5) is 34.9. The molecular weight excluding hydrogens is 450 g/mol. The van der Waals surface area contributed by atoms with Crippen LogP contribution in [0.4, 0.5) is 5.69 Å². The van der Waals surface area contributed by atoms with E-state index in [-0.39, 0.29) is 23.6 Å². The van der Waals surface area contributed by atoms with Crippen molar-refractivity contribution in [2.24, 2.45) is 5.10 Å². The quantitative estimate of drug-likeness (QED) is 0.184. The van der Waals surface area contributed by atoms with Crippen LogP contribution in [0, 0.1) is 24.0 Å². The summed E-state index contributed by atoms with van der Waals surface area (Å²) in [7, 11) is 0. The molecule has 0 saturated carbocycles. The van der Waals surface area contributed by atoms with Crippen molar-refractivity contribution in [3.63, 3.8) is 0 Å². The molecule has 170 valence electrons. The van der Waals surface area contributed by atoms with Crippen molar-refractivity contribution in [2.75, 3.05) is 0 Å². The third-order valence-electron chi connectivity index (χ3n) is 4.73. The van der Waals surface area contributed by atoms with E-state index in [1.165, 1.54) is 18.5 Å². The number of aromatic nitrogens is 2. The smallest absolute Gasteiger partial charge is 0.343 e. The Balaban J connectivity index is 1.60. The fourth-order valence-electron chi connectivity index (χ4n) is 3.00. The summed E-state index contributed by atoms with van der Waals surface area (Å²) in [5.74, 6) is -0.647. The molecule has 0 unspecified atom stereocenters. The number of hydrogen-bond acceptors (Lipinski definition) is 7. The number of halogens is 1. The topological polar surface area (TPSA) is 129 Å². The molecular formula is C22H20ClN5O5. The summed E-state index contributed by atoms with van der Waals surface area (Å²) in [6.07, 6.45) is 0. The fourth-order valence-corrected chi connectivity index (χ4v) is 3.13. The van der Waals surface area contributed by atoms with Crippen LogP contribution in [-0.2, 0) is 11.3 Å². The van der Waals surface area contributed by atoms with Gasteiger partial charge in [-0.05, 0) is 74.9 Å². The zero-order valence-corrected chi connectivity index (χ0v) is 18.8. The van der Waals surface area contributed by atoms with Gasteiger partial charge in [0.2, 0.25) is 0 Å². The van der Waals surface area contributed by atoms with E-state index in [0.29, 0.717) is 27.6 Å². The van der Waals surface area contributed by atoms with Gasteiger partial charge >= 0.3 is 11.7 Å². The molecule has 11 heteroatoms. The van der Waals surface area contributed by atoms with Gasteiger partial charge in [-0.1, -0.05) is 11.6 Å². The van der Waals surface area contributed by atoms with Crippen LogP contribution in [0.25, 0.3) is 0 Å². The molecule has 0 saturated heterocycles. The number of nitro groups is 1. The number of hydrogen-bond donors (Lipinski definition) is 1. The predicted molar refractivity (Wildman–Crippen MR) is 122 cm³/mol. The molecule has 0 radical (unpaired) electrons. The number of esters is 1. The maximum atomic E-state index is 12.2. The van der Waals surface area contributed by atoms with Crippen molar-refractivity contribution in [3.05, 3.63) is 86.2 Å². The van der Waals surface area contributed by atoms with Gasteiger partial charge in [-0.25, -0.2) is 10.2 Å². The fraction of sp³-hybridized carbons (Fsp3) is 0.182. The first kappa shape index (κ1) is 23.6. The summed E-state index contributed by atoms with van der Waals surface area (Å²) in [5, 5.41) is 19.7. The summed E-state index contributed by atoms with van der Waals surface area (Å²) < 4.78 is 6.59. The van der Waals surface area contributed by atoms with E-state index in [9.17, 15) is 19.7 Å². The number of aryl methyl sites for hydroxylation is 1. The van der Waals surface area contributed by atoms with Gasteiger partial charge in [0.05, 0.1) is 16.2 Å². The van der Waals surface area contributed by atoms with Crippen molar-refractivity contribution >= 4 is 34.9 Å². The molecule has 33 heavy (non-hydrogen) atoms. The highest BCUT2D eigenvalue weighted by atomic mass is 35.5. The zero-order valence-electron chi connectivity index (χ0n) is 18.0. The summed E-state index contributed by atoms with van der Waals surface area (Å²) in [6.45, 7) is 4.53. The van der Waals surface area contributed by atoms with Crippen molar-refractivity contribution in [2.45, 2.75) is 27.3 Å². The average molecular weight is 470 g/mol. The Bertz CT molecular complexity index is 1230. The van der Waals surface area contributed by atoms with E-state index >= 15 is 0 Å². The highest BCUT2D eigenvalue weighted by Crippen LogP contribution is 2.21. The van der Waals surface area contributed by atoms with Gasteiger partial charge in [0.25, 0.3) is 5.91 Å². The molecule has 2 aromatic carbocycles. The van der Waals surface area contributed by atoms with Gasteiger partial charge in [0, 0.05) is 5.02 Å². The Labute approximate surface area is 194 Å². The zero-order chi connectivity index (χ0) is 24.1. The molecule has 0 aliphatic heterocycles. The van der Waals surface area contributed by atoms with E-state index in [0.717, 1.165) is 0 Å². The van der Waals surface area contributed by atoms with Crippen molar-refractivity contribution in [3.8, 4) is 5.75 Å². The molecule has 0 aliphatic carbocycles. The normalized spacial score (nSPS) is 11.2. The molecule has 3 aromatic rings. The maximum Gasteiger partial charge on any atom is 0.343 e. The van der Waals surface area contributed by atoms with Gasteiger partial charge < -0.3 is 4.74 Å². The summed E-state index contributed by atoms with van der Waals surface area (Å²) >= 11 is 5.82. The maximum absolute atomic E-state index is 12.2. The minimum atomic E-state index is -0.523. The standard InChI is InChI=1S/C22H20ClN5O5/c1-13(24-25-20(29)12-27-15(3)21(28(31)32)14(2)26-27)16-6-10-19(11-7-16)33-22(30)17-4-8-18(23)9-5-17/h4-11H,12H2,1-3H3,(H,25,29). The lowest BCUT2D eigenvalue weighted by atomic mass is 10.1. The van der Waals surface area contributed by atoms with Crippen LogP contribution < -0.4 is 10.2 Å². The number of amides is 1. The van der Waals surface area contributed by atoms with Gasteiger partial charge in [-0.2, -0.15) is 10.2 Å². The van der Waals surface area contributed by atoms with E-state index in [4.69, 9.17) is 16.3 Å². The third-order valence-corrected chi connectivity index (χ3v) is 4.98. The van der Waals surface area contributed by atoms with E-state index in [1.807, 2.05) is 0 Å². The first-order valence-corrected chi connectivity index (χ1v) is 10.1. The minimum Gasteiger partial charge on any atom is -0.423 e. The number of carbonyl (C=O) groups excluding carboxylic acids is 2. The molecule has 0 aliphatic rings. The number of nitrogens with one attached hydrogen (secondary N) is 1. The van der Waals surface area contributed by atoms with Crippen LogP contribution in [0.5, 0.6) is 5.75 Å². The molecule has 1 heterocycles. The van der Waals surface area contributed by atoms with Crippen molar-refractivity contribution in [1.29, 1.82) is 0 Å². The van der Waals surface area contributed by atoms with E-state index in [1.54, 1.807) is 55.5 Å². The number of benzene rings is 2. The van der Waals surface area contributed by atoms with Crippen LogP contribution in [0.3, 0.4) is 0 Å². The van der Waals surface area contributed by atoms with Crippen LogP contribution in [0.2, 0.25) is 5.02 Å². The Hall–Kier alpha value is -4.05. The van der Waals surface area contributed by atoms with Gasteiger partial charge in [-0.3, -0.25) is 19.6 Å². The molecule has 1 N–H and O–H groups in total. The highest BCUT2D eigenvalue weighted by Gasteiger charge is 2.22. The number of hydrazone groups is 1. The first-order valence-electron chi connectivity index (χ1n) is 9.75. The molecule has 0 atom stereocenters. The van der Waals surface area contributed by atoms with E-state index in [2.05, 4.69) is 15.6 Å². The Morgan fingerprint density at radius 2 is 1.73 bits per heavy atom.